The van der Waals surface area contributed by atoms with Gasteiger partial charge in [-0.25, -0.2) is 0 Å². The van der Waals surface area contributed by atoms with Crippen molar-refractivity contribution in [2.24, 2.45) is 0 Å². The van der Waals surface area contributed by atoms with Crippen molar-refractivity contribution in [3.63, 3.8) is 0 Å². The average Bonchev–Trinajstić information content (AvgIpc) is 3.29. The molecule has 0 saturated heterocycles. The molecule has 2 rings (SSSR count). The van der Waals surface area contributed by atoms with Gasteiger partial charge in [0, 0.05) is 25.3 Å². The third-order valence-electron chi connectivity index (χ3n) is 6.98. The number of likely N-dealkylation sites (N-methyl/N-ethyl adjacent to an activating group) is 1. The molecular formula is C27H48N3O3S+. The first-order chi connectivity index (χ1) is 16.5. The summed E-state index contributed by atoms with van der Waals surface area (Å²) in [6, 6.07) is 0. The van der Waals surface area contributed by atoms with E-state index in [1.165, 1.54) is 69.5 Å². The van der Waals surface area contributed by atoms with E-state index in [-0.39, 0.29) is 12.2 Å². The van der Waals surface area contributed by atoms with Gasteiger partial charge in [-0.2, -0.15) is 4.37 Å². The van der Waals surface area contributed by atoms with Crippen molar-refractivity contribution in [3.8, 4) is 5.88 Å². The number of nitrogens with zero attached hydrogens (tertiary/aromatic N) is 3. The zero-order valence-corrected chi connectivity index (χ0v) is 23.0. The maximum Gasteiger partial charge on any atom is 0.310 e. The van der Waals surface area contributed by atoms with Gasteiger partial charge in [0.2, 0.25) is 6.23 Å². The summed E-state index contributed by atoms with van der Waals surface area (Å²) in [6.45, 7) is 8.88. The molecular weight excluding hydrogens is 446 g/mol. The Morgan fingerprint density at radius 3 is 2.35 bits per heavy atom. The summed E-state index contributed by atoms with van der Waals surface area (Å²) in [4.78, 5) is 12.5. The summed E-state index contributed by atoms with van der Waals surface area (Å²) in [7, 11) is 2.17. The number of hydrogen-bond acceptors (Lipinski definition) is 6. The Balaban J connectivity index is 1.76. The number of carbonyl (C=O) groups excluding carboxylic acids is 1. The molecule has 34 heavy (non-hydrogen) atoms. The van der Waals surface area contributed by atoms with E-state index < -0.39 is 0 Å². The Hall–Kier alpha value is -1.47. The molecule has 0 amide bonds. The standard InChI is InChI=1S/C27H48N3O3S/c1-5-7-9-11-12-13-14-15-19-25(31)33-23(3)30(4)20-17-18-24(22-30)26-27(29-34-28-26)32-21-16-10-8-6-2/h18,23H,5-17,19-22H2,1-4H3/q+1/t23-,30?/m1/s1. The van der Waals surface area contributed by atoms with Crippen molar-refractivity contribution in [1.29, 1.82) is 0 Å². The van der Waals surface area contributed by atoms with Gasteiger partial charge < -0.3 is 9.47 Å². The Labute approximate surface area is 212 Å². The third kappa shape index (κ3) is 10.0. The van der Waals surface area contributed by atoms with Gasteiger partial charge in [0.15, 0.2) is 0 Å². The van der Waals surface area contributed by atoms with Crippen LogP contribution in [0.3, 0.4) is 0 Å². The van der Waals surface area contributed by atoms with Gasteiger partial charge in [0.25, 0.3) is 5.88 Å². The highest BCUT2D eigenvalue weighted by atomic mass is 32.1. The largest absolute Gasteiger partial charge is 0.475 e. The molecule has 6 nitrogen and oxygen atoms in total. The van der Waals surface area contributed by atoms with E-state index in [0.717, 1.165) is 50.0 Å². The molecule has 1 aliphatic heterocycles. The number of carbonyl (C=O) groups is 1. The average molecular weight is 495 g/mol. The normalized spacial score (nSPS) is 19.0. The summed E-state index contributed by atoms with van der Waals surface area (Å²) in [6.07, 6.45) is 18.0. The van der Waals surface area contributed by atoms with Crippen LogP contribution in [0.1, 0.15) is 116 Å². The predicted molar refractivity (Wildman–Crippen MR) is 141 cm³/mol. The van der Waals surface area contributed by atoms with Crippen LogP contribution in [0.25, 0.3) is 5.57 Å². The second-order valence-corrected chi connectivity index (χ2v) is 10.5. The van der Waals surface area contributed by atoms with E-state index >= 15 is 0 Å². The monoisotopic (exact) mass is 494 g/mol. The van der Waals surface area contributed by atoms with E-state index in [4.69, 9.17) is 9.47 Å². The number of rotatable bonds is 18. The number of hydrogen-bond donors (Lipinski definition) is 0. The van der Waals surface area contributed by atoms with Gasteiger partial charge in [-0.3, -0.25) is 9.28 Å². The highest BCUT2D eigenvalue weighted by Gasteiger charge is 2.36. The predicted octanol–water partition coefficient (Wildman–Crippen LogP) is 7.15. The molecule has 0 saturated carbocycles. The molecule has 1 aromatic rings. The van der Waals surface area contributed by atoms with Crippen LogP contribution in [0.4, 0.5) is 0 Å². The first kappa shape index (κ1) is 28.8. The number of ether oxygens (including phenoxy) is 2. The summed E-state index contributed by atoms with van der Waals surface area (Å²) in [5, 5.41) is 0. The molecule has 1 aliphatic rings. The van der Waals surface area contributed by atoms with Crippen LogP contribution in [0.15, 0.2) is 6.08 Å². The molecule has 0 fully saturated rings. The van der Waals surface area contributed by atoms with E-state index in [9.17, 15) is 4.79 Å². The lowest BCUT2D eigenvalue weighted by Crippen LogP contribution is -2.55. The van der Waals surface area contributed by atoms with Crippen LogP contribution in [-0.4, -0.2) is 52.2 Å². The smallest absolute Gasteiger partial charge is 0.310 e. The van der Waals surface area contributed by atoms with E-state index in [1.807, 2.05) is 6.92 Å². The molecule has 194 valence electrons. The lowest BCUT2D eigenvalue weighted by atomic mass is 10.0. The molecule has 1 unspecified atom stereocenters. The molecule has 0 spiro atoms. The van der Waals surface area contributed by atoms with Crippen LogP contribution in [0, 0.1) is 0 Å². The maximum atomic E-state index is 12.5. The van der Waals surface area contributed by atoms with Crippen LogP contribution in [-0.2, 0) is 9.53 Å². The number of unbranched alkanes of at least 4 members (excludes halogenated alkanes) is 10. The molecule has 0 aliphatic carbocycles. The minimum Gasteiger partial charge on any atom is -0.475 e. The fourth-order valence-electron chi connectivity index (χ4n) is 4.50. The van der Waals surface area contributed by atoms with Crippen molar-refractivity contribution in [2.75, 3.05) is 26.7 Å². The molecule has 2 atom stereocenters. The van der Waals surface area contributed by atoms with Crippen LogP contribution in [0.5, 0.6) is 5.88 Å². The Kier molecular flexibility index (Phi) is 13.7. The molecule has 0 bridgehead atoms. The van der Waals surface area contributed by atoms with Crippen LogP contribution < -0.4 is 4.74 Å². The summed E-state index contributed by atoms with van der Waals surface area (Å²) in [5.41, 5.74) is 2.01. The second-order valence-electron chi connectivity index (χ2n) is 10.0. The zero-order chi connectivity index (χ0) is 24.7. The molecule has 2 heterocycles. The molecule has 7 heteroatoms. The lowest BCUT2D eigenvalue weighted by Gasteiger charge is -2.41. The summed E-state index contributed by atoms with van der Waals surface area (Å²) < 4.78 is 21.5. The van der Waals surface area contributed by atoms with Crippen molar-refractivity contribution in [3.05, 3.63) is 11.8 Å². The number of quaternary nitrogens is 1. The summed E-state index contributed by atoms with van der Waals surface area (Å²) >= 11 is 1.21. The van der Waals surface area contributed by atoms with E-state index in [2.05, 4.69) is 35.7 Å². The minimum atomic E-state index is -0.185. The molecule has 0 radical (unpaired) electrons. The van der Waals surface area contributed by atoms with Gasteiger partial charge in [-0.1, -0.05) is 84.1 Å². The van der Waals surface area contributed by atoms with Gasteiger partial charge >= 0.3 is 5.97 Å². The first-order valence-corrected chi connectivity index (χ1v) is 14.4. The Morgan fingerprint density at radius 1 is 1.00 bits per heavy atom. The van der Waals surface area contributed by atoms with Gasteiger partial charge in [-0.05, 0) is 12.8 Å². The van der Waals surface area contributed by atoms with Crippen molar-refractivity contribution in [2.45, 2.75) is 117 Å². The Morgan fingerprint density at radius 2 is 1.65 bits per heavy atom. The van der Waals surface area contributed by atoms with Crippen molar-refractivity contribution < 1.29 is 18.8 Å². The lowest BCUT2D eigenvalue weighted by molar-refractivity contribution is -0.944. The van der Waals surface area contributed by atoms with E-state index in [1.54, 1.807) is 0 Å². The Bertz CT molecular complexity index is 736. The molecule has 1 aromatic heterocycles. The second kappa shape index (κ2) is 16.2. The zero-order valence-electron chi connectivity index (χ0n) is 22.2. The first-order valence-electron chi connectivity index (χ1n) is 13.7. The number of aromatic nitrogens is 2. The fraction of sp³-hybridized carbons (Fsp3) is 0.815. The van der Waals surface area contributed by atoms with E-state index in [0.29, 0.717) is 23.4 Å². The fourth-order valence-corrected chi connectivity index (χ4v) is 5.03. The number of esters is 1. The third-order valence-corrected chi connectivity index (χ3v) is 7.49. The van der Waals surface area contributed by atoms with Gasteiger partial charge in [0.1, 0.15) is 12.2 Å². The molecule has 0 aromatic carbocycles. The van der Waals surface area contributed by atoms with Crippen molar-refractivity contribution >= 4 is 23.3 Å². The highest BCUT2D eigenvalue weighted by molar-refractivity contribution is 6.99. The van der Waals surface area contributed by atoms with Crippen LogP contribution in [0.2, 0.25) is 0 Å². The topological polar surface area (TPSA) is 61.3 Å². The highest BCUT2D eigenvalue weighted by Crippen LogP contribution is 2.31. The maximum absolute atomic E-state index is 12.5. The quantitative estimate of drug-likeness (QED) is 0.123. The van der Waals surface area contributed by atoms with Crippen LogP contribution >= 0.6 is 11.7 Å². The summed E-state index contributed by atoms with van der Waals surface area (Å²) in [5.74, 6) is 0.584. The minimum absolute atomic E-state index is 0.0691. The van der Waals surface area contributed by atoms with Gasteiger partial charge in [-0.15, -0.1) is 4.37 Å². The SMILES string of the molecule is CCCCCCCCCCC(=O)O[C@H](C)[N+]1(C)CCC=C(c2nsnc2OCCCCCC)C1. The van der Waals surface area contributed by atoms with Gasteiger partial charge in [0.05, 0.1) is 31.9 Å². The molecule has 0 N–H and O–H groups in total. The van der Waals surface area contributed by atoms with Crippen molar-refractivity contribution in [1.82, 2.24) is 8.75 Å².